The minimum Gasteiger partial charge on any atom is -0.0619 e. The summed E-state index contributed by atoms with van der Waals surface area (Å²) in [6.07, 6.45) is 8.34. The van der Waals surface area contributed by atoms with E-state index >= 15 is 0 Å². The Hall–Kier alpha value is -1.17. The van der Waals surface area contributed by atoms with E-state index in [0.717, 1.165) is 10.9 Å². The first-order valence-corrected chi connectivity index (χ1v) is 5.43. The van der Waals surface area contributed by atoms with Crippen molar-refractivity contribution in [3.63, 3.8) is 0 Å². The number of halogens is 1. The molecule has 0 atom stereocenters. The summed E-state index contributed by atoms with van der Waals surface area (Å²) in [4.78, 5) is 0. The van der Waals surface area contributed by atoms with Gasteiger partial charge in [0.2, 0.25) is 0 Å². The highest BCUT2D eigenvalue weighted by atomic mass is 79.9. The Balaban J connectivity index is 2.23. The van der Waals surface area contributed by atoms with E-state index in [1.165, 1.54) is 22.3 Å². The lowest BCUT2D eigenvalue weighted by atomic mass is 10.0. The van der Waals surface area contributed by atoms with Gasteiger partial charge in [-0.25, -0.2) is 0 Å². The van der Waals surface area contributed by atoms with Crippen LogP contribution < -0.4 is 0 Å². The van der Waals surface area contributed by atoms with Gasteiger partial charge in [0.05, 0.1) is 23.3 Å². The molecular formula is C13H8Br+. The fraction of sp³-hybridized carbons (Fsp3) is 0.0769. The van der Waals surface area contributed by atoms with Crippen LogP contribution >= 0.6 is 15.9 Å². The molecule has 3 rings (SSSR count). The number of fused-ring (bicyclic) bond motifs is 2. The van der Waals surface area contributed by atoms with Gasteiger partial charge in [-0.3, -0.25) is 0 Å². The Morgan fingerprint density at radius 1 is 1.21 bits per heavy atom. The SMILES string of the molecule is BrC1=[C+]C=CC2=C1Cc1ccccc12. The van der Waals surface area contributed by atoms with Gasteiger partial charge in [-0.1, -0.05) is 24.3 Å². The van der Waals surface area contributed by atoms with Gasteiger partial charge in [-0.2, -0.15) is 0 Å². The highest BCUT2D eigenvalue weighted by molar-refractivity contribution is 9.11. The molecule has 0 fully saturated rings. The molecule has 0 saturated carbocycles. The first kappa shape index (κ1) is 8.16. The molecule has 0 amide bonds. The van der Waals surface area contributed by atoms with Crippen LogP contribution in [0.1, 0.15) is 11.1 Å². The Bertz CT molecular complexity index is 490. The Kier molecular flexibility index (Phi) is 1.70. The average molecular weight is 244 g/mol. The van der Waals surface area contributed by atoms with Crippen molar-refractivity contribution in [3.05, 3.63) is 63.7 Å². The maximum Gasteiger partial charge on any atom is 0.184 e. The van der Waals surface area contributed by atoms with Crippen LogP contribution in [-0.2, 0) is 6.42 Å². The van der Waals surface area contributed by atoms with E-state index in [1.807, 2.05) is 6.08 Å². The van der Waals surface area contributed by atoms with E-state index in [4.69, 9.17) is 0 Å². The summed E-state index contributed by atoms with van der Waals surface area (Å²) >= 11 is 3.55. The molecular weight excluding hydrogens is 236 g/mol. The third-order valence-electron chi connectivity index (χ3n) is 2.72. The van der Waals surface area contributed by atoms with Crippen LogP contribution in [0.15, 0.2) is 46.5 Å². The number of hydrogen-bond acceptors (Lipinski definition) is 0. The quantitative estimate of drug-likeness (QED) is 0.611. The van der Waals surface area contributed by atoms with Crippen LogP contribution in [0.3, 0.4) is 0 Å². The normalized spacial score (nSPS) is 17.4. The van der Waals surface area contributed by atoms with Crippen molar-refractivity contribution in [2.24, 2.45) is 0 Å². The molecule has 0 bridgehead atoms. The third-order valence-corrected chi connectivity index (χ3v) is 3.43. The zero-order valence-electron chi connectivity index (χ0n) is 7.55. The number of benzene rings is 1. The van der Waals surface area contributed by atoms with Crippen molar-refractivity contribution < 1.29 is 0 Å². The third kappa shape index (κ3) is 1.03. The molecule has 66 valence electrons. The second kappa shape index (κ2) is 2.91. The van der Waals surface area contributed by atoms with Crippen LogP contribution in [-0.4, -0.2) is 0 Å². The van der Waals surface area contributed by atoms with Crippen molar-refractivity contribution in [2.45, 2.75) is 6.42 Å². The van der Waals surface area contributed by atoms with Crippen molar-refractivity contribution in [1.82, 2.24) is 0 Å². The second-order valence-electron chi connectivity index (χ2n) is 3.52. The van der Waals surface area contributed by atoms with E-state index in [9.17, 15) is 0 Å². The van der Waals surface area contributed by atoms with Gasteiger partial charge >= 0.3 is 0 Å². The molecule has 2 aliphatic carbocycles. The molecule has 1 aromatic rings. The van der Waals surface area contributed by atoms with Gasteiger partial charge in [0.1, 0.15) is 6.08 Å². The summed E-state index contributed by atoms with van der Waals surface area (Å²) in [7, 11) is 0. The zero-order chi connectivity index (χ0) is 9.54. The molecule has 0 N–H and O–H groups in total. The first-order chi connectivity index (χ1) is 6.86. The Morgan fingerprint density at radius 2 is 2.07 bits per heavy atom. The molecule has 0 nitrogen and oxygen atoms in total. The monoisotopic (exact) mass is 243 g/mol. The lowest BCUT2D eigenvalue weighted by Gasteiger charge is -1.96. The van der Waals surface area contributed by atoms with Crippen molar-refractivity contribution in [1.29, 1.82) is 0 Å². The molecule has 0 aliphatic heterocycles. The number of allylic oxidation sites excluding steroid dienone is 6. The summed E-state index contributed by atoms with van der Waals surface area (Å²) in [6, 6.07) is 8.58. The molecule has 0 radical (unpaired) electrons. The van der Waals surface area contributed by atoms with Gasteiger partial charge < -0.3 is 0 Å². The van der Waals surface area contributed by atoms with Gasteiger partial charge in [0, 0.05) is 12.0 Å². The maximum atomic E-state index is 3.55. The van der Waals surface area contributed by atoms with Gasteiger partial charge in [-0.05, 0) is 21.5 Å². The minimum atomic E-state index is 1.03. The van der Waals surface area contributed by atoms with Crippen molar-refractivity contribution >= 4 is 21.5 Å². The molecule has 1 heteroatoms. The molecule has 14 heavy (non-hydrogen) atoms. The highest BCUT2D eigenvalue weighted by Crippen LogP contribution is 2.40. The fourth-order valence-electron chi connectivity index (χ4n) is 2.06. The molecule has 0 saturated heterocycles. The van der Waals surface area contributed by atoms with Gasteiger partial charge in [0.15, 0.2) is 4.48 Å². The van der Waals surface area contributed by atoms with E-state index in [-0.39, 0.29) is 0 Å². The Labute approximate surface area is 91.8 Å². The van der Waals surface area contributed by atoms with Crippen LogP contribution in [0.5, 0.6) is 0 Å². The molecule has 1 aromatic carbocycles. The lowest BCUT2D eigenvalue weighted by molar-refractivity contribution is 1.24. The average Bonchev–Trinajstić information content (AvgIpc) is 2.59. The lowest BCUT2D eigenvalue weighted by Crippen LogP contribution is -1.87. The van der Waals surface area contributed by atoms with Gasteiger partial charge in [-0.15, -0.1) is 0 Å². The fourth-order valence-corrected chi connectivity index (χ4v) is 2.54. The molecule has 0 unspecified atom stereocenters. The van der Waals surface area contributed by atoms with E-state index in [2.05, 4.69) is 52.3 Å². The highest BCUT2D eigenvalue weighted by Gasteiger charge is 2.29. The van der Waals surface area contributed by atoms with Crippen LogP contribution in [0.2, 0.25) is 0 Å². The summed E-state index contributed by atoms with van der Waals surface area (Å²) < 4.78 is 1.10. The molecule has 0 heterocycles. The number of hydrogen-bond donors (Lipinski definition) is 0. The molecule has 0 aromatic heterocycles. The Morgan fingerprint density at radius 3 is 3.00 bits per heavy atom. The van der Waals surface area contributed by atoms with E-state index < -0.39 is 0 Å². The molecule has 0 spiro atoms. The van der Waals surface area contributed by atoms with Crippen molar-refractivity contribution in [2.75, 3.05) is 0 Å². The van der Waals surface area contributed by atoms with Crippen molar-refractivity contribution in [3.8, 4) is 0 Å². The second-order valence-corrected chi connectivity index (χ2v) is 4.31. The van der Waals surface area contributed by atoms with E-state index in [1.54, 1.807) is 0 Å². The smallest absolute Gasteiger partial charge is 0.0619 e. The first-order valence-electron chi connectivity index (χ1n) is 4.63. The summed E-state index contributed by atoms with van der Waals surface area (Å²) in [6.45, 7) is 0. The minimum absolute atomic E-state index is 1.03. The van der Waals surface area contributed by atoms with Gasteiger partial charge in [0.25, 0.3) is 0 Å². The topological polar surface area (TPSA) is 0 Å². The summed E-state index contributed by atoms with van der Waals surface area (Å²) in [5, 5.41) is 0. The van der Waals surface area contributed by atoms with Crippen LogP contribution in [0.25, 0.3) is 5.57 Å². The summed E-state index contributed by atoms with van der Waals surface area (Å²) in [5.74, 6) is 0. The van der Waals surface area contributed by atoms with E-state index in [0.29, 0.717) is 0 Å². The largest absolute Gasteiger partial charge is 0.184 e. The summed E-state index contributed by atoms with van der Waals surface area (Å²) in [5.41, 5.74) is 5.51. The van der Waals surface area contributed by atoms with Crippen LogP contribution in [0.4, 0.5) is 0 Å². The number of rotatable bonds is 0. The molecule has 2 aliphatic rings. The standard InChI is InChI=1S/C13H8Br/c14-13-7-3-6-11-10-5-2-1-4-9(10)8-12(11)13/h1-6H,8H2/q+1. The maximum absolute atomic E-state index is 3.55. The predicted octanol–water partition coefficient (Wildman–Crippen LogP) is 3.65. The van der Waals surface area contributed by atoms with Crippen LogP contribution in [0, 0.1) is 6.08 Å². The zero-order valence-corrected chi connectivity index (χ0v) is 9.14. The predicted molar refractivity (Wildman–Crippen MR) is 61.9 cm³/mol.